The summed E-state index contributed by atoms with van der Waals surface area (Å²) in [5.74, 6) is -0.896. The molecule has 0 saturated heterocycles. The molecule has 0 radical (unpaired) electrons. The monoisotopic (exact) mass is 387 g/mol. The van der Waals surface area contributed by atoms with Crippen LogP contribution in [-0.4, -0.2) is 24.6 Å². The molecular weight excluding hydrogens is 366 g/mol. The first kappa shape index (κ1) is 20.5. The van der Waals surface area contributed by atoms with Gasteiger partial charge in [0, 0.05) is 17.1 Å². The van der Waals surface area contributed by atoms with Crippen LogP contribution in [-0.2, 0) is 16.2 Å². The highest BCUT2D eigenvalue weighted by molar-refractivity contribution is 6.35. The van der Waals surface area contributed by atoms with E-state index in [1.165, 1.54) is 6.21 Å². The number of hydrogen-bond donors (Lipinski definition) is 2. The van der Waals surface area contributed by atoms with E-state index >= 15 is 0 Å². The first-order chi connectivity index (χ1) is 13.1. The lowest BCUT2D eigenvalue weighted by molar-refractivity contribution is -0.139. The van der Waals surface area contributed by atoms with Crippen molar-refractivity contribution < 1.29 is 14.3 Å². The topological polar surface area (TPSA) is 79.8 Å². The summed E-state index contributed by atoms with van der Waals surface area (Å²) in [5.41, 5.74) is 3.87. The van der Waals surface area contributed by atoms with E-state index in [0.29, 0.717) is 29.5 Å². The fourth-order valence-corrected chi connectivity index (χ4v) is 2.26. The highest BCUT2D eigenvalue weighted by atomic mass is 35.5. The molecule has 6 nitrogen and oxygen atoms in total. The summed E-state index contributed by atoms with van der Waals surface area (Å²) >= 11 is 5.87. The average molecular weight is 388 g/mol. The standard InChI is InChI=1S/C20H22ClN3O3/c1-2-3-12-22-19(25)20(26)24-23-13-16-6-4-5-7-18(16)27-14-15-8-10-17(21)11-9-15/h4-11,13H,2-3,12,14H2,1H3,(H,22,25)(H,24,26)/b23-13-. The first-order valence-electron chi connectivity index (χ1n) is 8.67. The number of carbonyl (C=O) groups excluding carboxylic acids is 2. The van der Waals surface area contributed by atoms with Crippen LogP contribution in [0.15, 0.2) is 53.6 Å². The number of halogens is 1. The Morgan fingerprint density at radius 1 is 1.11 bits per heavy atom. The lowest BCUT2D eigenvalue weighted by Crippen LogP contribution is -2.38. The fourth-order valence-electron chi connectivity index (χ4n) is 2.13. The number of unbranched alkanes of at least 4 members (excludes halogenated alkanes) is 1. The number of carbonyl (C=O) groups is 2. The maximum atomic E-state index is 11.7. The van der Waals surface area contributed by atoms with Gasteiger partial charge < -0.3 is 10.1 Å². The van der Waals surface area contributed by atoms with Crippen LogP contribution in [0.2, 0.25) is 5.02 Å². The number of ether oxygens (including phenoxy) is 1. The van der Waals surface area contributed by atoms with Gasteiger partial charge in [0.2, 0.25) is 0 Å². The predicted molar refractivity (Wildman–Crippen MR) is 106 cm³/mol. The van der Waals surface area contributed by atoms with E-state index in [1.54, 1.807) is 24.3 Å². The molecule has 0 heterocycles. The normalized spacial score (nSPS) is 10.6. The van der Waals surface area contributed by atoms with Crippen LogP contribution >= 0.6 is 11.6 Å². The number of para-hydroxylation sites is 1. The molecule has 0 unspecified atom stereocenters. The Morgan fingerprint density at radius 3 is 2.59 bits per heavy atom. The SMILES string of the molecule is CCCCNC(=O)C(=O)N/N=C\c1ccccc1OCc1ccc(Cl)cc1. The molecule has 2 aromatic carbocycles. The zero-order chi connectivity index (χ0) is 19.5. The number of amides is 2. The maximum absolute atomic E-state index is 11.7. The number of nitrogens with one attached hydrogen (secondary N) is 2. The molecule has 0 aliphatic carbocycles. The second-order valence-corrected chi connectivity index (χ2v) is 6.20. The van der Waals surface area contributed by atoms with Gasteiger partial charge in [-0.25, -0.2) is 5.43 Å². The molecule has 0 bridgehead atoms. The molecule has 2 rings (SSSR count). The molecule has 2 N–H and O–H groups in total. The van der Waals surface area contributed by atoms with Crippen molar-refractivity contribution in [3.05, 3.63) is 64.7 Å². The van der Waals surface area contributed by atoms with Gasteiger partial charge in [-0.2, -0.15) is 5.10 Å². The van der Waals surface area contributed by atoms with Gasteiger partial charge in [-0.05, 0) is 36.2 Å². The summed E-state index contributed by atoms with van der Waals surface area (Å²) in [5, 5.41) is 7.03. The van der Waals surface area contributed by atoms with Crippen molar-refractivity contribution in [3.8, 4) is 5.75 Å². The molecule has 27 heavy (non-hydrogen) atoms. The lowest BCUT2D eigenvalue weighted by atomic mass is 10.2. The number of hydrogen-bond acceptors (Lipinski definition) is 4. The van der Waals surface area contributed by atoms with E-state index < -0.39 is 11.8 Å². The van der Waals surface area contributed by atoms with E-state index in [4.69, 9.17) is 16.3 Å². The van der Waals surface area contributed by atoms with Crippen molar-refractivity contribution in [1.29, 1.82) is 0 Å². The van der Waals surface area contributed by atoms with E-state index in [9.17, 15) is 9.59 Å². The van der Waals surface area contributed by atoms with Crippen LogP contribution in [0.4, 0.5) is 0 Å². The third kappa shape index (κ3) is 7.11. The van der Waals surface area contributed by atoms with E-state index in [2.05, 4.69) is 15.8 Å². The van der Waals surface area contributed by atoms with Crippen molar-refractivity contribution in [2.75, 3.05) is 6.54 Å². The first-order valence-corrected chi connectivity index (χ1v) is 9.05. The fraction of sp³-hybridized carbons (Fsp3) is 0.250. The Morgan fingerprint density at radius 2 is 1.85 bits per heavy atom. The van der Waals surface area contributed by atoms with E-state index in [1.807, 2.05) is 31.2 Å². The molecule has 142 valence electrons. The van der Waals surface area contributed by atoms with Gasteiger partial charge in [-0.3, -0.25) is 9.59 Å². The summed E-state index contributed by atoms with van der Waals surface area (Å²) in [6, 6.07) is 14.6. The minimum atomic E-state index is -0.804. The second-order valence-electron chi connectivity index (χ2n) is 5.76. The Labute approximate surface area is 163 Å². The highest BCUT2D eigenvalue weighted by Crippen LogP contribution is 2.18. The van der Waals surface area contributed by atoms with Crippen LogP contribution in [0.1, 0.15) is 30.9 Å². The molecule has 7 heteroatoms. The van der Waals surface area contributed by atoms with Crippen molar-refractivity contribution in [2.45, 2.75) is 26.4 Å². The van der Waals surface area contributed by atoms with Gasteiger partial charge in [0.1, 0.15) is 12.4 Å². The summed E-state index contributed by atoms with van der Waals surface area (Å²) in [4.78, 5) is 23.3. The van der Waals surface area contributed by atoms with Gasteiger partial charge in [0.25, 0.3) is 0 Å². The molecule has 2 amide bonds. The molecule has 2 aromatic rings. The van der Waals surface area contributed by atoms with Crippen LogP contribution in [0.3, 0.4) is 0 Å². The lowest BCUT2D eigenvalue weighted by Gasteiger charge is -2.09. The number of hydrazone groups is 1. The quantitative estimate of drug-likeness (QED) is 0.315. The Bertz CT molecular complexity index is 791. The van der Waals surface area contributed by atoms with Crippen LogP contribution in [0, 0.1) is 0 Å². The minimum Gasteiger partial charge on any atom is -0.488 e. The summed E-state index contributed by atoms with van der Waals surface area (Å²) in [7, 11) is 0. The van der Waals surface area contributed by atoms with Crippen LogP contribution in [0.5, 0.6) is 5.75 Å². The maximum Gasteiger partial charge on any atom is 0.329 e. The number of nitrogens with zero attached hydrogens (tertiary/aromatic N) is 1. The average Bonchev–Trinajstić information content (AvgIpc) is 2.68. The van der Waals surface area contributed by atoms with E-state index in [0.717, 1.165) is 18.4 Å². The van der Waals surface area contributed by atoms with Gasteiger partial charge in [-0.15, -0.1) is 0 Å². The third-order valence-corrected chi connectivity index (χ3v) is 3.87. The molecule has 0 fully saturated rings. The number of rotatable bonds is 8. The van der Waals surface area contributed by atoms with Crippen molar-refractivity contribution >= 4 is 29.6 Å². The molecule has 0 aliphatic heterocycles. The molecule has 0 atom stereocenters. The molecular formula is C20H22ClN3O3. The molecule has 0 aromatic heterocycles. The number of benzene rings is 2. The Balaban J connectivity index is 1.90. The van der Waals surface area contributed by atoms with E-state index in [-0.39, 0.29) is 0 Å². The minimum absolute atomic E-state index is 0.369. The molecule has 0 spiro atoms. The highest BCUT2D eigenvalue weighted by Gasteiger charge is 2.11. The Hall–Kier alpha value is -2.86. The van der Waals surface area contributed by atoms with Gasteiger partial charge in [0.05, 0.1) is 6.21 Å². The second kappa shape index (κ2) is 11.0. The van der Waals surface area contributed by atoms with Crippen molar-refractivity contribution in [1.82, 2.24) is 10.7 Å². The molecule has 0 saturated carbocycles. The predicted octanol–water partition coefficient (Wildman–Crippen LogP) is 3.29. The van der Waals surface area contributed by atoms with Crippen molar-refractivity contribution in [2.24, 2.45) is 5.10 Å². The van der Waals surface area contributed by atoms with Crippen molar-refractivity contribution in [3.63, 3.8) is 0 Å². The third-order valence-electron chi connectivity index (χ3n) is 3.62. The smallest absolute Gasteiger partial charge is 0.329 e. The van der Waals surface area contributed by atoms with Gasteiger partial charge >= 0.3 is 11.8 Å². The Kier molecular flexibility index (Phi) is 8.32. The summed E-state index contributed by atoms with van der Waals surface area (Å²) in [6.45, 7) is 2.84. The zero-order valence-corrected chi connectivity index (χ0v) is 15.8. The summed E-state index contributed by atoms with van der Waals surface area (Å²) in [6.07, 6.45) is 3.20. The largest absolute Gasteiger partial charge is 0.488 e. The van der Waals surface area contributed by atoms with Gasteiger partial charge in [0.15, 0.2) is 0 Å². The summed E-state index contributed by atoms with van der Waals surface area (Å²) < 4.78 is 5.81. The van der Waals surface area contributed by atoms with Crippen LogP contribution in [0.25, 0.3) is 0 Å². The molecule has 0 aliphatic rings. The van der Waals surface area contributed by atoms with Crippen LogP contribution < -0.4 is 15.5 Å². The van der Waals surface area contributed by atoms with Gasteiger partial charge in [-0.1, -0.05) is 49.2 Å². The zero-order valence-electron chi connectivity index (χ0n) is 15.1.